The van der Waals surface area contributed by atoms with E-state index in [2.05, 4.69) is 4.72 Å². The minimum Gasteiger partial charge on any atom is -0.339 e. The van der Waals surface area contributed by atoms with E-state index in [0.717, 1.165) is 31.4 Å². The molecule has 0 bridgehead atoms. The fourth-order valence-electron chi connectivity index (χ4n) is 2.80. The largest absolute Gasteiger partial charge is 0.339 e. The monoisotopic (exact) mass is 342 g/mol. The number of nitrogens with zero attached hydrogens (tertiary/aromatic N) is 1. The van der Waals surface area contributed by atoms with Gasteiger partial charge in [0.25, 0.3) is 0 Å². The maximum absolute atomic E-state index is 12.9. The summed E-state index contributed by atoms with van der Waals surface area (Å²) in [5.74, 6) is -0.695. The minimum atomic E-state index is -3.85. The number of sulfonamides is 1. The van der Waals surface area contributed by atoms with Crippen LogP contribution < -0.4 is 4.72 Å². The molecule has 1 aromatic rings. The molecule has 1 aliphatic heterocycles. The van der Waals surface area contributed by atoms with Crippen LogP contribution >= 0.6 is 0 Å². The highest BCUT2D eigenvalue weighted by Crippen LogP contribution is 2.19. The number of hydrogen-bond acceptors (Lipinski definition) is 3. The van der Waals surface area contributed by atoms with Crippen LogP contribution in [0, 0.1) is 5.82 Å². The highest BCUT2D eigenvalue weighted by atomic mass is 32.2. The van der Waals surface area contributed by atoms with Gasteiger partial charge in [0, 0.05) is 12.6 Å². The number of carbonyl (C=O) groups excluding carboxylic acids is 1. The molecule has 0 aromatic heterocycles. The topological polar surface area (TPSA) is 66.5 Å². The number of rotatable bonds is 5. The molecule has 0 aliphatic carbocycles. The highest BCUT2D eigenvalue weighted by Gasteiger charge is 2.31. The standard InChI is InChI=1S/C16H23FN2O3S/c1-3-15(16(20)19-11-5-4-6-12(19)2)18-23(21,22)14-9-7-13(17)8-10-14/h7-10,12,15,18H,3-6,11H2,1-2H3. The van der Waals surface area contributed by atoms with Gasteiger partial charge in [-0.15, -0.1) is 0 Å². The van der Waals surface area contributed by atoms with Crippen molar-refractivity contribution in [3.63, 3.8) is 0 Å². The molecule has 1 fully saturated rings. The summed E-state index contributed by atoms with van der Waals surface area (Å²) >= 11 is 0. The van der Waals surface area contributed by atoms with Crippen molar-refractivity contribution in [2.24, 2.45) is 0 Å². The molecule has 7 heteroatoms. The maximum atomic E-state index is 12.9. The number of piperidine rings is 1. The second-order valence-corrected chi connectivity index (χ2v) is 7.63. The van der Waals surface area contributed by atoms with Crippen molar-refractivity contribution in [1.29, 1.82) is 0 Å². The molecule has 2 atom stereocenters. The van der Waals surface area contributed by atoms with Gasteiger partial charge >= 0.3 is 0 Å². The van der Waals surface area contributed by atoms with E-state index in [1.807, 2.05) is 6.92 Å². The summed E-state index contributed by atoms with van der Waals surface area (Å²) < 4.78 is 40.2. The Labute approximate surface area is 136 Å². The fraction of sp³-hybridized carbons (Fsp3) is 0.562. The predicted octanol–water partition coefficient (Wildman–Crippen LogP) is 2.28. The van der Waals surface area contributed by atoms with E-state index in [0.29, 0.717) is 13.0 Å². The number of nitrogens with one attached hydrogen (secondary N) is 1. The molecule has 1 aliphatic rings. The van der Waals surface area contributed by atoms with E-state index in [9.17, 15) is 17.6 Å². The van der Waals surface area contributed by atoms with Crippen molar-refractivity contribution in [3.8, 4) is 0 Å². The smallest absolute Gasteiger partial charge is 0.241 e. The molecule has 0 saturated carbocycles. The molecule has 1 saturated heterocycles. The van der Waals surface area contributed by atoms with E-state index >= 15 is 0 Å². The Morgan fingerprint density at radius 3 is 2.57 bits per heavy atom. The summed E-state index contributed by atoms with van der Waals surface area (Å²) in [5.41, 5.74) is 0. The molecule has 1 amide bonds. The molecule has 0 radical (unpaired) electrons. The van der Waals surface area contributed by atoms with E-state index in [1.165, 1.54) is 12.1 Å². The molecule has 5 nitrogen and oxygen atoms in total. The first kappa shape index (κ1) is 17.9. The Morgan fingerprint density at radius 1 is 1.35 bits per heavy atom. The zero-order valence-electron chi connectivity index (χ0n) is 13.5. The van der Waals surface area contributed by atoms with Crippen LogP contribution in [0.4, 0.5) is 4.39 Å². The fourth-order valence-corrected chi connectivity index (χ4v) is 4.08. The van der Waals surface area contributed by atoms with E-state index in [1.54, 1.807) is 11.8 Å². The lowest BCUT2D eigenvalue weighted by molar-refractivity contribution is -0.136. The average molecular weight is 342 g/mol. The Bertz CT molecular complexity index is 646. The molecule has 0 spiro atoms. The van der Waals surface area contributed by atoms with Crippen molar-refractivity contribution in [2.45, 2.75) is 56.5 Å². The lowest BCUT2D eigenvalue weighted by Gasteiger charge is -2.35. The second-order valence-electron chi connectivity index (χ2n) is 5.91. The van der Waals surface area contributed by atoms with Gasteiger partial charge in [0.1, 0.15) is 11.9 Å². The summed E-state index contributed by atoms with van der Waals surface area (Å²) in [4.78, 5) is 14.4. The average Bonchev–Trinajstić information content (AvgIpc) is 2.53. The van der Waals surface area contributed by atoms with Gasteiger partial charge in [-0.05, 0) is 56.9 Å². The van der Waals surface area contributed by atoms with Crippen LogP contribution in [0.15, 0.2) is 29.2 Å². The van der Waals surface area contributed by atoms with Crippen LogP contribution in [-0.2, 0) is 14.8 Å². The Kier molecular flexibility index (Phi) is 5.75. The van der Waals surface area contributed by atoms with Crippen molar-refractivity contribution < 1.29 is 17.6 Å². The van der Waals surface area contributed by atoms with Gasteiger partial charge in [-0.3, -0.25) is 4.79 Å². The normalized spacial score (nSPS) is 20.3. The first-order valence-corrected chi connectivity index (χ1v) is 9.42. The van der Waals surface area contributed by atoms with Crippen LogP contribution in [0.5, 0.6) is 0 Å². The zero-order chi connectivity index (χ0) is 17.0. The minimum absolute atomic E-state index is 0.0446. The first-order chi connectivity index (χ1) is 10.8. The van der Waals surface area contributed by atoms with Crippen LogP contribution in [-0.4, -0.2) is 37.9 Å². The van der Waals surface area contributed by atoms with Gasteiger partial charge in [0.2, 0.25) is 15.9 Å². The van der Waals surface area contributed by atoms with Crippen molar-refractivity contribution in [1.82, 2.24) is 9.62 Å². The number of likely N-dealkylation sites (tertiary alicyclic amines) is 1. The Morgan fingerprint density at radius 2 is 2.00 bits per heavy atom. The van der Waals surface area contributed by atoms with Gasteiger partial charge in [-0.25, -0.2) is 12.8 Å². The van der Waals surface area contributed by atoms with Gasteiger partial charge in [0.15, 0.2) is 0 Å². The third-order valence-corrected chi connectivity index (χ3v) is 5.70. The quantitative estimate of drug-likeness (QED) is 0.893. The lowest BCUT2D eigenvalue weighted by atomic mass is 10.0. The van der Waals surface area contributed by atoms with E-state index < -0.39 is 21.9 Å². The summed E-state index contributed by atoms with van der Waals surface area (Å²) in [6, 6.07) is 3.89. The number of halogens is 1. The van der Waals surface area contributed by atoms with Crippen LogP contribution in [0.25, 0.3) is 0 Å². The van der Waals surface area contributed by atoms with Gasteiger partial charge in [0.05, 0.1) is 4.90 Å². The number of amides is 1. The zero-order valence-corrected chi connectivity index (χ0v) is 14.3. The third-order valence-electron chi connectivity index (χ3n) is 4.21. The molecule has 128 valence electrons. The van der Waals surface area contributed by atoms with Crippen LogP contribution in [0.3, 0.4) is 0 Å². The molecule has 1 aromatic carbocycles. The SMILES string of the molecule is CCC(NS(=O)(=O)c1ccc(F)cc1)C(=O)N1CCCCC1C. The van der Waals surface area contributed by atoms with E-state index in [4.69, 9.17) is 0 Å². The van der Waals surface area contributed by atoms with Crippen molar-refractivity contribution in [2.75, 3.05) is 6.54 Å². The molecule has 1 heterocycles. The summed E-state index contributed by atoms with van der Waals surface area (Å²) in [6.07, 6.45) is 3.33. The maximum Gasteiger partial charge on any atom is 0.241 e. The van der Waals surface area contributed by atoms with Gasteiger partial charge < -0.3 is 4.90 Å². The highest BCUT2D eigenvalue weighted by molar-refractivity contribution is 7.89. The summed E-state index contributed by atoms with van der Waals surface area (Å²) in [7, 11) is -3.85. The van der Waals surface area contributed by atoms with Crippen molar-refractivity contribution >= 4 is 15.9 Å². The molecular weight excluding hydrogens is 319 g/mol. The second kappa shape index (κ2) is 7.40. The molecular formula is C16H23FN2O3S. The first-order valence-electron chi connectivity index (χ1n) is 7.93. The molecule has 1 N–H and O–H groups in total. The lowest BCUT2D eigenvalue weighted by Crippen LogP contribution is -2.52. The number of carbonyl (C=O) groups is 1. The number of benzene rings is 1. The molecule has 2 unspecified atom stereocenters. The molecule has 23 heavy (non-hydrogen) atoms. The Balaban J connectivity index is 2.14. The predicted molar refractivity (Wildman–Crippen MR) is 85.8 cm³/mol. The summed E-state index contributed by atoms with van der Waals surface area (Å²) in [5, 5.41) is 0. The third kappa shape index (κ3) is 4.29. The van der Waals surface area contributed by atoms with Gasteiger partial charge in [-0.2, -0.15) is 4.72 Å². The van der Waals surface area contributed by atoms with Gasteiger partial charge in [-0.1, -0.05) is 6.92 Å². The van der Waals surface area contributed by atoms with Crippen LogP contribution in [0.2, 0.25) is 0 Å². The van der Waals surface area contributed by atoms with Crippen LogP contribution in [0.1, 0.15) is 39.5 Å². The van der Waals surface area contributed by atoms with E-state index in [-0.39, 0.29) is 16.8 Å². The Hall–Kier alpha value is -1.47. The number of hydrogen-bond donors (Lipinski definition) is 1. The molecule has 2 rings (SSSR count). The van der Waals surface area contributed by atoms with Crippen molar-refractivity contribution in [3.05, 3.63) is 30.1 Å². The summed E-state index contributed by atoms with van der Waals surface area (Å²) in [6.45, 7) is 4.41.